The molecule has 0 aliphatic heterocycles. The van der Waals surface area contributed by atoms with Gasteiger partial charge in [-0.25, -0.2) is 0 Å². The lowest BCUT2D eigenvalue weighted by molar-refractivity contribution is -0.642. The molecule has 2 aromatic carbocycles. The van der Waals surface area contributed by atoms with Crippen LogP contribution in [-0.4, -0.2) is 0 Å². The first-order valence-electron chi connectivity index (χ1n) is 8.25. The third kappa shape index (κ3) is 4.15. The molecule has 0 saturated heterocycles. The predicted octanol–water partition coefficient (Wildman–Crippen LogP) is 3.18. The summed E-state index contributed by atoms with van der Waals surface area (Å²) in [5.41, 5.74) is 0.855. The summed E-state index contributed by atoms with van der Waals surface area (Å²) in [5, 5.41) is 1.05. The molecule has 2 aromatic heterocycles. The first-order valence-corrected chi connectivity index (χ1v) is 9.06. The molecule has 4 rings (SSSR count). The largest absolute Gasteiger partial charge is 1.00 e. The third-order valence-corrected chi connectivity index (χ3v) is 5.45. The average Bonchev–Trinajstić information content (AvgIpc) is 3.25. The van der Waals surface area contributed by atoms with Crippen LogP contribution in [0.5, 0.6) is 0 Å². The second kappa shape index (κ2) is 8.08. The Morgan fingerprint density at radius 1 is 0.964 bits per heavy atom. The molecule has 144 valence electrons. The van der Waals surface area contributed by atoms with Crippen molar-refractivity contribution in [2.45, 2.75) is 6.18 Å². The summed E-state index contributed by atoms with van der Waals surface area (Å²) >= 11 is 1.66. The summed E-state index contributed by atoms with van der Waals surface area (Å²) in [6.45, 7) is 0. The van der Waals surface area contributed by atoms with Gasteiger partial charge < -0.3 is 28.4 Å². The van der Waals surface area contributed by atoms with Crippen molar-refractivity contribution in [3.05, 3.63) is 77.0 Å². The van der Waals surface area contributed by atoms with Gasteiger partial charge in [0.15, 0.2) is 0 Å². The van der Waals surface area contributed by atoms with E-state index in [0.717, 1.165) is 22.7 Å². The van der Waals surface area contributed by atoms with Crippen molar-refractivity contribution in [3.63, 3.8) is 0 Å². The highest BCUT2D eigenvalue weighted by Gasteiger charge is 2.30. The number of benzene rings is 2. The van der Waals surface area contributed by atoms with Crippen molar-refractivity contribution in [2.24, 2.45) is 7.05 Å². The minimum Gasteiger partial charge on any atom is -1.00 e. The van der Waals surface area contributed by atoms with Gasteiger partial charge in [-0.05, 0) is 36.4 Å². The molecular formula is C21H15F3INOS. The lowest BCUT2D eigenvalue weighted by Crippen LogP contribution is -3.00. The lowest BCUT2D eigenvalue weighted by atomic mass is 10.1. The Balaban J connectivity index is 0.00000225. The summed E-state index contributed by atoms with van der Waals surface area (Å²) < 4.78 is 47.6. The summed E-state index contributed by atoms with van der Waals surface area (Å²) in [4.78, 5) is 0. The molecule has 28 heavy (non-hydrogen) atoms. The molecule has 0 N–H and O–H groups in total. The molecular weight excluding hydrogens is 498 g/mol. The molecule has 0 atom stereocenters. The lowest BCUT2D eigenvalue weighted by Gasteiger charge is -2.07. The third-order valence-electron chi connectivity index (χ3n) is 4.26. The molecule has 2 nitrogen and oxygen atoms in total. The van der Waals surface area contributed by atoms with Crippen LogP contribution in [-0.2, 0) is 13.2 Å². The summed E-state index contributed by atoms with van der Waals surface area (Å²) in [7, 11) is 1.99. The van der Waals surface area contributed by atoms with Crippen LogP contribution in [0.25, 0.3) is 33.7 Å². The highest BCUT2D eigenvalue weighted by atomic mass is 127. The number of hydrogen-bond donors (Lipinski definition) is 0. The number of para-hydroxylation sites is 1. The predicted molar refractivity (Wildman–Crippen MR) is 101 cm³/mol. The number of nitrogens with zero attached hydrogens (tertiary/aromatic N) is 1. The van der Waals surface area contributed by atoms with Crippen LogP contribution < -0.4 is 28.5 Å². The van der Waals surface area contributed by atoms with Gasteiger partial charge in [0.1, 0.15) is 23.3 Å². The fourth-order valence-corrected chi connectivity index (χ4v) is 3.92. The van der Waals surface area contributed by atoms with Crippen molar-refractivity contribution < 1.29 is 46.1 Å². The van der Waals surface area contributed by atoms with Crippen molar-refractivity contribution in [1.82, 2.24) is 0 Å². The SMILES string of the molecule is C[n+]1c(/C=C/c2ccc(-c3cccc(C(F)(F)F)c3)o2)sc2ccccc21.[I-]. The number of furan rings is 1. The second-order valence-electron chi connectivity index (χ2n) is 6.08. The first-order chi connectivity index (χ1) is 12.9. The van der Waals surface area contributed by atoms with E-state index in [1.165, 1.54) is 10.8 Å². The van der Waals surface area contributed by atoms with E-state index < -0.39 is 11.7 Å². The van der Waals surface area contributed by atoms with E-state index in [-0.39, 0.29) is 24.0 Å². The number of halogens is 4. The Labute approximate surface area is 181 Å². The Bertz CT molecular complexity index is 1140. The van der Waals surface area contributed by atoms with Gasteiger partial charge in [0, 0.05) is 17.7 Å². The smallest absolute Gasteiger partial charge is 0.416 e. The monoisotopic (exact) mass is 513 g/mol. The standard InChI is InChI=1S/C21H15F3NOS.HI/c1-25-17-7-2-3-8-19(17)27-20(25)12-10-16-9-11-18(26-16)14-5-4-6-15(13-14)21(22,23)24;/h2-13H,1H3;1H/q+1;/p-1/b12-10+;. The summed E-state index contributed by atoms with van der Waals surface area (Å²) in [5.74, 6) is 0.987. The highest BCUT2D eigenvalue weighted by Crippen LogP contribution is 2.33. The van der Waals surface area contributed by atoms with Crippen LogP contribution in [0.15, 0.2) is 65.1 Å². The van der Waals surface area contributed by atoms with Crippen LogP contribution in [0.4, 0.5) is 13.2 Å². The van der Waals surface area contributed by atoms with Crippen LogP contribution in [0.3, 0.4) is 0 Å². The van der Waals surface area contributed by atoms with E-state index in [2.05, 4.69) is 16.7 Å². The number of thiazole rings is 1. The Morgan fingerprint density at radius 2 is 1.75 bits per heavy atom. The van der Waals surface area contributed by atoms with Gasteiger partial charge in [0.25, 0.3) is 5.01 Å². The number of fused-ring (bicyclic) bond motifs is 1. The molecule has 2 heterocycles. The van der Waals surface area contributed by atoms with E-state index in [1.807, 2.05) is 31.3 Å². The van der Waals surface area contributed by atoms with E-state index in [0.29, 0.717) is 17.1 Å². The van der Waals surface area contributed by atoms with Gasteiger partial charge in [-0.1, -0.05) is 35.6 Å². The van der Waals surface area contributed by atoms with Gasteiger partial charge in [-0.2, -0.15) is 17.7 Å². The second-order valence-corrected chi connectivity index (χ2v) is 7.14. The Morgan fingerprint density at radius 3 is 2.50 bits per heavy atom. The molecule has 0 bridgehead atoms. The van der Waals surface area contributed by atoms with Gasteiger partial charge in [-0.15, -0.1) is 0 Å². The maximum atomic E-state index is 12.9. The Kier molecular flexibility index (Phi) is 5.95. The highest BCUT2D eigenvalue weighted by molar-refractivity contribution is 7.18. The number of hydrogen-bond acceptors (Lipinski definition) is 2. The van der Waals surface area contributed by atoms with Crippen LogP contribution in [0.1, 0.15) is 16.3 Å². The van der Waals surface area contributed by atoms with E-state index in [9.17, 15) is 13.2 Å². The molecule has 0 aliphatic carbocycles. The molecule has 0 saturated carbocycles. The zero-order valence-corrected chi connectivity index (χ0v) is 17.7. The molecule has 0 aliphatic rings. The average molecular weight is 513 g/mol. The van der Waals surface area contributed by atoms with Gasteiger partial charge in [0.05, 0.1) is 5.56 Å². The Hall–Kier alpha value is -2.13. The van der Waals surface area contributed by atoms with Crippen molar-refractivity contribution in [2.75, 3.05) is 0 Å². The molecule has 0 fully saturated rings. The zero-order valence-electron chi connectivity index (χ0n) is 14.7. The fourth-order valence-electron chi connectivity index (χ4n) is 2.87. The van der Waals surface area contributed by atoms with Crippen molar-refractivity contribution >= 4 is 33.7 Å². The fraction of sp³-hybridized carbons (Fsp3) is 0.0952. The number of aromatic nitrogens is 1. The maximum Gasteiger partial charge on any atom is 0.416 e. The van der Waals surface area contributed by atoms with Gasteiger partial charge in [-0.3, -0.25) is 0 Å². The van der Waals surface area contributed by atoms with E-state index >= 15 is 0 Å². The van der Waals surface area contributed by atoms with Crippen LogP contribution >= 0.6 is 11.3 Å². The molecule has 0 unspecified atom stereocenters. The quantitative estimate of drug-likeness (QED) is 0.304. The summed E-state index contributed by atoms with van der Waals surface area (Å²) in [6.07, 6.45) is -0.609. The van der Waals surface area contributed by atoms with E-state index in [1.54, 1.807) is 29.5 Å². The summed E-state index contributed by atoms with van der Waals surface area (Å²) in [6, 6.07) is 16.7. The van der Waals surface area contributed by atoms with Crippen LogP contribution in [0, 0.1) is 0 Å². The molecule has 7 heteroatoms. The molecule has 0 spiro atoms. The number of aryl methyl sites for hydroxylation is 1. The molecule has 0 amide bonds. The van der Waals surface area contributed by atoms with Crippen molar-refractivity contribution in [3.8, 4) is 11.3 Å². The maximum absolute atomic E-state index is 12.9. The minimum absolute atomic E-state index is 0. The van der Waals surface area contributed by atoms with E-state index in [4.69, 9.17) is 4.42 Å². The number of alkyl halides is 3. The van der Waals surface area contributed by atoms with Gasteiger partial charge >= 0.3 is 6.18 Å². The molecule has 4 aromatic rings. The normalized spacial score (nSPS) is 11.9. The van der Waals surface area contributed by atoms with Crippen molar-refractivity contribution in [1.29, 1.82) is 0 Å². The van der Waals surface area contributed by atoms with Crippen LogP contribution in [0.2, 0.25) is 0 Å². The molecule has 0 radical (unpaired) electrons. The van der Waals surface area contributed by atoms with Gasteiger partial charge in [0.2, 0.25) is 5.52 Å². The minimum atomic E-state index is -4.37. The number of rotatable bonds is 3. The first kappa shape index (κ1) is 20.6. The zero-order chi connectivity index (χ0) is 19.0. The topological polar surface area (TPSA) is 17.0 Å².